The highest BCUT2D eigenvalue weighted by molar-refractivity contribution is 5.82. The highest BCUT2D eigenvalue weighted by Crippen LogP contribution is 2.32. The van der Waals surface area contributed by atoms with Crippen molar-refractivity contribution in [3.05, 3.63) is 24.3 Å². The van der Waals surface area contributed by atoms with Gasteiger partial charge >= 0.3 is 5.97 Å². The zero-order valence-electron chi connectivity index (χ0n) is 11.7. The lowest BCUT2D eigenvalue weighted by molar-refractivity contribution is -0.146. The number of carbonyl (C=O) groups excluding carboxylic acids is 1. The fraction of sp³-hybridized carbons (Fsp3) is 0.500. The standard InChI is InChI=1S/C14H21N3O2/c1-14(15,13(18)19-3)10-17-9-8-16(2)11-6-4-5-7-12(11)17/h4-7H,8-10,15H2,1-3H3. The van der Waals surface area contributed by atoms with Gasteiger partial charge in [0.25, 0.3) is 0 Å². The van der Waals surface area contributed by atoms with Crippen molar-refractivity contribution in [3.8, 4) is 0 Å². The first-order chi connectivity index (χ1) is 8.95. The summed E-state index contributed by atoms with van der Waals surface area (Å²) in [5.41, 5.74) is 7.33. The SMILES string of the molecule is COC(=O)C(C)(N)CN1CCN(C)c2ccccc21. The molecule has 0 saturated heterocycles. The molecular formula is C14H21N3O2. The molecule has 5 heteroatoms. The van der Waals surface area contributed by atoms with Crippen LogP contribution in [0.25, 0.3) is 0 Å². The van der Waals surface area contributed by atoms with E-state index >= 15 is 0 Å². The van der Waals surface area contributed by atoms with Crippen molar-refractivity contribution in [1.29, 1.82) is 0 Å². The van der Waals surface area contributed by atoms with Crippen LogP contribution in [0.2, 0.25) is 0 Å². The van der Waals surface area contributed by atoms with Crippen molar-refractivity contribution in [3.63, 3.8) is 0 Å². The Morgan fingerprint density at radius 3 is 2.63 bits per heavy atom. The number of hydrogen-bond donors (Lipinski definition) is 1. The van der Waals surface area contributed by atoms with Crippen molar-refractivity contribution in [2.75, 3.05) is 43.6 Å². The number of benzene rings is 1. The number of nitrogens with zero attached hydrogens (tertiary/aromatic N) is 2. The molecule has 0 spiro atoms. The van der Waals surface area contributed by atoms with Crippen LogP contribution in [-0.2, 0) is 9.53 Å². The molecule has 0 amide bonds. The molecule has 1 heterocycles. The highest BCUT2D eigenvalue weighted by Gasteiger charge is 2.33. The van der Waals surface area contributed by atoms with E-state index in [-0.39, 0.29) is 5.97 Å². The highest BCUT2D eigenvalue weighted by atomic mass is 16.5. The van der Waals surface area contributed by atoms with Gasteiger partial charge < -0.3 is 20.3 Å². The maximum absolute atomic E-state index is 11.7. The molecule has 0 fully saturated rings. The fourth-order valence-corrected chi connectivity index (χ4v) is 2.42. The molecule has 19 heavy (non-hydrogen) atoms. The first-order valence-electron chi connectivity index (χ1n) is 6.38. The van der Waals surface area contributed by atoms with Crippen LogP contribution in [0.4, 0.5) is 11.4 Å². The first kappa shape index (κ1) is 13.7. The predicted molar refractivity (Wildman–Crippen MR) is 76.5 cm³/mol. The van der Waals surface area contributed by atoms with Gasteiger partial charge in [-0.05, 0) is 19.1 Å². The topological polar surface area (TPSA) is 58.8 Å². The van der Waals surface area contributed by atoms with Gasteiger partial charge in [0.05, 0.1) is 18.5 Å². The maximum atomic E-state index is 11.7. The second kappa shape index (κ2) is 5.09. The van der Waals surface area contributed by atoms with Gasteiger partial charge in [-0.25, -0.2) is 0 Å². The summed E-state index contributed by atoms with van der Waals surface area (Å²) in [5.74, 6) is -0.385. The molecular weight excluding hydrogens is 242 g/mol. The average molecular weight is 263 g/mol. The second-order valence-electron chi connectivity index (χ2n) is 5.24. The molecule has 0 aliphatic carbocycles. The number of ether oxygens (including phenoxy) is 1. The number of para-hydroxylation sites is 2. The molecule has 0 radical (unpaired) electrons. The summed E-state index contributed by atoms with van der Waals surface area (Å²) >= 11 is 0. The monoisotopic (exact) mass is 263 g/mol. The first-order valence-corrected chi connectivity index (χ1v) is 6.38. The normalized spacial score (nSPS) is 17.7. The molecule has 0 bridgehead atoms. The molecule has 104 valence electrons. The lowest BCUT2D eigenvalue weighted by Gasteiger charge is -2.39. The second-order valence-corrected chi connectivity index (χ2v) is 5.24. The van der Waals surface area contributed by atoms with Gasteiger partial charge in [0.15, 0.2) is 0 Å². The molecule has 1 atom stereocenters. The third-order valence-corrected chi connectivity index (χ3v) is 3.51. The van der Waals surface area contributed by atoms with Crippen LogP contribution < -0.4 is 15.5 Å². The van der Waals surface area contributed by atoms with Crippen molar-refractivity contribution in [2.24, 2.45) is 5.73 Å². The van der Waals surface area contributed by atoms with Gasteiger partial charge in [-0.15, -0.1) is 0 Å². The molecule has 0 aromatic heterocycles. The van der Waals surface area contributed by atoms with E-state index in [0.29, 0.717) is 6.54 Å². The number of anilines is 2. The predicted octanol–water partition coefficient (Wildman–Crippen LogP) is 0.833. The van der Waals surface area contributed by atoms with E-state index in [2.05, 4.69) is 29.0 Å². The van der Waals surface area contributed by atoms with E-state index in [1.165, 1.54) is 7.11 Å². The smallest absolute Gasteiger partial charge is 0.327 e. The third kappa shape index (κ3) is 2.66. The van der Waals surface area contributed by atoms with E-state index in [1.807, 2.05) is 12.1 Å². The number of methoxy groups -OCH3 is 1. The van der Waals surface area contributed by atoms with Crippen molar-refractivity contribution in [2.45, 2.75) is 12.5 Å². The largest absolute Gasteiger partial charge is 0.468 e. The van der Waals surface area contributed by atoms with Crippen molar-refractivity contribution >= 4 is 17.3 Å². The van der Waals surface area contributed by atoms with Gasteiger partial charge in [-0.2, -0.15) is 0 Å². The summed E-state index contributed by atoms with van der Waals surface area (Å²) in [6.07, 6.45) is 0. The van der Waals surface area contributed by atoms with E-state index in [9.17, 15) is 4.79 Å². The number of rotatable bonds is 3. The molecule has 1 aromatic rings. The fourth-order valence-electron chi connectivity index (χ4n) is 2.42. The number of likely N-dealkylation sites (N-methyl/N-ethyl adjacent to an activating group) is 1. The Morgan fingerprint density at radius 1 is 1.37 bits per heavy atom. The number of nitrogens with two attached hydrogens (primary N) is 1. The molecule has 0 saturated carbocycles. The van der Waals surface area contributed by atoms with Crippen LogP contribution in [0.3, 0.4) is 0 Å². The molecule has 1 unspecified atom stereocenters. The Balaban J connectivity index is 2.24. The molecule has 1 aliphatic rings. The number of carbonyl (C=O) groups is 1. The van der Waals surface area contributed by atoms with Gasteiger partial charge in [0.1, 0.15) is 5.54 Å². The summed E-state index contributed by atoms with van der Waals surface area (Å²) < 4.78 is 4.76. The minimum Gasteiger partial charge on any atom is -0.468 e. The molecule has 5 nitrogen and oxygen atoms in total. The van der Waals surface area contributed by atoms with Crippen LogP contribution in [0.1, 0.15) is 6.92 Å². The lowest BCUT2D eigenvalue weighted by Crippen LogP contribution is -2.56. The Morgan fingerprint density at radius 2 is 2.00 bits per heavy atom. The van der Waals surface area contributed by atoms with Crippen molar-refractivity contribution in [1.82, 2.24) is 0 Å². The number of esters is 1. The zero-order chi connectivity index (χ0) is 14.0. The summed E-state index contributed by atoms with van der Waals surface area (Å²) in [6.45, 7) is 3.91. The van der Waals surface area contributed by atoms with Crippen LogP contribution in [-0.4, -0.2) is 45.3 Å². The third-order valence-electron chi connectivity index (χ3n) is 3.51. The van der Waals surface area contributed by atoms with E-state index in [4.69, 9.17) is 10.5 Å². The van der Waals surface area contributed by atoms with Gasteiger partial charge in [-0.1, -0.05) is 12.1 Å². The van der Waals surface area contributed by atoms with Crippen LogP contribution in [0.15, 0.2) is 24.3 Å². The van der Waals surface area contributed by atoms with Gasteiger partial charge in [0.2, 0.25) is 0 Å². The van der Waals surface area contributed by atoms with Gasteiger partial charge in [-0.3, -0.25) is 4.79 Å². The van der Waals surface area contributed by atoms with Crippen LogP contribution in [0.5, 0.6) is 0 Å². The number of hydrogen-bond acceptors (Lipinski definition) is 5. The summed E-state index contributed by atoms with van der Waals surface area (Å²) in [6, 6.07) is 8.14. The van der Waals surface area contributed by atoms with Crippen molar-refractivity contribution < 1.29 is 9.53 Å². The lowest BCUT2D eigenvalue weighted by atomic mass is 10.0. The maximum Gasteiger partial charge on any atom is 0.327 e. The summed E-state index contributed by atoms with van der Waals surface area (Å²) in [7, 11) is 3.43. The minimum atomic E-state index is -1.00. The minimum absolute atomic E-state index is 0.385. The molecule has 1 aromatic carbocycles. The molecule has 2 N–H and O–H groups in total. The Labute approximate surface area is 113 Å². The number of fused-ring (bicyclic) bond motifs is 1. The van der Waals surface area contributed by atoms with E-state index < -0.39 is 5.54 Å². The Kier molecular flexibility index (Phi) is 3.66. The molecule has 2 rings (SSSR count). The van der Waals surface area contributed by atoms with Crippen LogP contribution >= 0.6 is 0 Å². The van der Waals surface area contributed by atoms with Crippen LogP contribution in [0, 0.1) is 0 Å². The summed E-state index contributed by atoms with van der Waals surface area (Å²) in [4.78, 5) is 16.1. The van der Waals surface area contributed by atoms with Gasteiger partial charge in [0, 0.05) is 26.7 Å². The average Bonchev–Trinajstić information content (AvgIpc) is 2.41. The Hall–Kier alpha value is -1.75. The van der Waals surface area contributed by atoms with E-state index in [1.54, 1.807) is 6.92 Å². The Bertz CT molecular complexity index is 474. The summed E-state index contributed by atoms with van der Waals surface area (Å²) in [5, 5.41) is 0. The van der Waals surface area contributed by atoms with E-state index in [0.717, 1.165) is 24.5 Å². The molecule has 1 aliphatic heterocycles. The quantitative estimate of drug-likeness (QED) is 0.819. The zero-order valence-corrected chi connectivity index (χ0v) is 11.7.